The van der Waals surface area contributed by atoms with E-state index in [1.165, 1.54) is 6.20 Å². The lowest BCUT2D eigenvalue weighted by Crippen LogP contribution is -2.49. The summed E-state index contributed by atoms with van der Waals surface area (Å²) in [4.78, 5) is 25.5. The van der Waals surface area contributed by atoms with Crippen LogP contribution in [0.4, 0.5) is 5.82 Å². The van der Waals surface area contributed by atoms with Gasteiger partial charge in [0.15, 0.2) is 5.82 Å². The standard InChI is InChI=1S/C17H19N7O2/c1-12-14(11-19-26-12)17(25)23-8-6-22(7-9-23)15-10-16(21-13(2)20-15)24-5-3-4-18-24/h3-5,10-11H,6-9H2,1-2H3. The van der Waals surface area contributed by atoms with Crippen molar-refractivity contribution in [2.45, 2.75) is 13.8 Å². The summed E-state index contributed by atoms with van der Waals surface area (Å²) in [5, 5.41) is 7.91. The van der Waals surface area contributed by atoms with Gasteiger partial charge in [0.2, 0.25) is 0 Å². The Morgan fingerprint density at radius 1 is 1.12 bits per heavy atom. The summed E-state index contributed by atoms with van der Waals surface area (Å²) in [6.45, 7) is 6.24. The van der Waals surface area contributed by atoms with Crippen LogP contribution >= 0.6 is 0 Å². The van der Waals surface area contributed by atoms with Gasteiger partial charge in [-0.1, -0.05) is 5.16 Å². The smallest absolute Gasteiger partial charge is 0.259 e. The first-order valence-corrected chi connectivity index (χ1v) is 8.43. The van der Waals surface area contributed by atoms with Crippen LogP contribution in [0.15, 0.2) is 35.2 Å². The van der Waals surface area contributed by atoms with Crippen LogP contribution in [-0.2, 0) is 0 Å². The van der Waals surface area contributed by atoms with Crippen molar-refractivity contribution in [2.24, 2.45) is 0 Å². The molecule has 0 radical (unpaired) electrons. The van der Waals surface area contributed by atoms with Gasteiger partial charge >= 0.3 is 0 Å². The van der Waals surface area contributed by atoms with E-state index in [9.17, 15) is 4.79 Å². The van der Waals surface area contributed by atoms with E-state index >= 15 is 0 Å². The summed E-state index contributed by atoms with van der Waals surface area (Å²) in [7, 11) is 0. The summed E-state index contributed by atoms with van der Waals surface area (Å²) in [6.07, 6.45) is 5.05. The van der Waals surface area contributed by atoms with E-state index in [1.807, 2.05) is 30.2 Å². The van der Waals surface area contributed by atoms with Crippen LogP contribution < -0.4 is 4.90 Å². The highest BCUT2D eigenvalue weighted by Crippen LogP contribution is 2.18. The van der Waals surface area contributed by atoms with E-state index in [0.717, 1.165) is 11.6 Å². The molecule has 26 heavy (non-hydrogen) atoms. The number of aromatic nitrogens is 5. The van der Waals surface area contributed by atoms with Gasteiger partial charge in [-0.3, -0.25) is 4.79 Å². The molecule has 9 nitrogen and oxygen atoms in total. The molecule has 1 saturated heterocycles. The molecular weight excluding hydrogens is 334 g/mol. The van der Waals surface area contributed by atoms with Crippen LogP contribution in [0.3, 0.4) is 0 Å². The van der Waals surface area contributed by atoms with Gasteiger partial charge in [-0.05, 0) is 19.9 Å². The fraction of sp³-hybridized carbons (Fsp3) is 0.353. The van der Waals surface area contributed by atoms with Gasteiger partial charge in [0.05, 0.1) is 6.20 Å². The number of rotatable bonds is 3. The van der Waals surface area contributed by atoms with E-state index in [4.69, 9.17) is 4.52 Å². The predicted molar refractivity (Wildman–Crippen MR) is 93.2 cm³/mol. The van der Waals surface area contributed by atoms with Crippen molar-refractivity contribution in [2.75, 3.05) is 31.1 Å². The molecule has 3 aromatic heterocycles. The summed E-state index contributed by atoms with van der Waals surface area (Å²) >= 11 is 0. The van der Waals surface area contributed by atoms with Crippen molar-refractivity contribution >= 4 is 11.7 Å². The molecule has 0 aromatic carbocycles. The summed E-state index contributed by atoms with van der Waals surface area (Å²) < 4.78 is 6.71. The fourth-order valence-corrected chi connectivity index (χ4v) is 3.03. The van der Waals surface area contributed by atoms with E-state index in [-0.39, 0.29) is 5.91 Å². The zero-order valence-electron chi connectivity index (χ0n) is 14.7. The Balaban J connectivity index is 1.48. The zero-order valence-corrected chi connectivity index (χ0v) is 14.7. The van der Waals surface area contributed by atoms with E-state index in [1.54, 1.807) is 17.8 Å². The average molecular weight is 353 g/mol. The molecule has 0 unspecified atom stereocenters. The second kappa shape index (κ2) is 6.58. The van der Waals surface area contributed by atoms with Gasteiger partial charge in [-0.25, -0.2) is 14.6 Å². The van der Waals surface area contributed by atoms with Gasteiger partial charge in [-0.2, -0.15) is 5.10 Å². The maximum Gasteiger partial charge on any atom is 0.259 e. The maximum absolute atomic E-state index is 12.6. The van der Waals surface area contributed by atoms with E-state index < -0.39 is 0 Å². The van der Waals surface area contributed by atoms with Crippen molar-refractivity contribution in [1.82, 2.24) is 29.8 Å². The number of amides is 1. The van der Waals surface area contributed by atoms with Crippen LogP contribution in [0.5, 0.6) is 0 Å². The number of hydrogen-bond donors (Lipinski definition) is 0. The minimum absolute atomic E-state index is 0.0421. The zero-order chi connectivity index (χ0) is 18.1. The lowest BCUT2D eigenvalue weighted by molar-refractivity contribution is 0.0744. The average Bonchev–Trinajstić information content (AvgIpc) is 3.32. The van der Waals surface area contributed by atoms with Gasteiger partial charge in [-0.15, -0.1) is 0 Å². The van der Waals surface area contributed by atoms with E-state index in [2.05, 4.69) is 25.1 Å². The maximum atomic E-state index is 12.6. The molecule has 0 spiro atoms. The first-order chi connectivity index (χ1) is 12.6. The third-order valence-corrected chi connectivity index (χ3v) is 4.42. The number of aryl methyl sites for hydroxylation is 2. The van der Waals surface area contributed by atoms with Gasteiger partial charge in [0.1, 0.15) is 23.0 Å². The van der Waals surface area contributed by atoms with Crippen molar-refractivity contribution in [3.63, 3.8) is 0 Å². The molecule has 0 atom stereocenters. The minimum atomic E-state index is -0.0421. The molecule has 4 heterocycles. The number of carbonyl (C=O) groups is 1. The molecule has 0 aliphatic carbocycles. The second-order valence-corrected chi connectivity index (χ2v) is 6.16. The third kappa shape index (κ3) is 3.03. The molecule has 134 valence electrons. The minimum Gasteiger partial charge on any atom is -0.361 e. The van der Waals surface area contributed by atoms with Crippen LogP contribution in [-0.4, -0.2) is 61.9 Å². The molecular formula is C17H19N7O2. The highest BCUT2D eigenvalue weighted by atomic mass is 16.5. The van der Waals surface area contributed by atoms with Crippen molar-refractivity contribution < 1.29 is 9.32 Å². The van der Waals surface area contributed by atoms with Gasteiger partial charge in [0.25, 0.3) is 5.91 Å². The van der Waals surface area contributed by atoms with Crippen molar-refractivity contribution in [3.05, 3.63) is 47.9 Å². The third-order valence-electron chi connectivity index (χ3n) is 4.42. The quantitative estimate of drug-likeness (QED) is 0.699. The Bertz CT molecular complexity index is 911. The number of nitrogens with zero attached hydrogens (tertiary/aromatic N) is 7. The highest BCUT2D eigenvalue weighted by Gasteiger charge is 2.25. The van der Waals surface area contributed by atoms with Crippen LogP contribution in [0.1, 0.15) is 21.9 Å². The normalized spacial score (nSPS) is 14.7. The monoisotopic (exact) mass is 353 g/mol. The summed E-state index contributed by atoms with van der Waals surface area (Å²) in [5.41, 5.74) is 0.525. The van der Waals surface area contributed by atoms with E-state index in [0.29, 0.717) is 43.3 Å². The molecule has 1 aliphatic heterocycles. The molecule has 1 fully saturated rings. The molecule has 0 N–H and O–H groups in total. The summed E-state index contributed by atoms with van der Waals surface area (Å²) in [6, 6.07) is 3.77. The van der Waals surface area contributed by atoms with Crippen LogP contribution in [0.2, 0.25) is 0 Å². The van der Waals surface area contributed by atoms with Crippen LogP contribution in [0.25, 0.3) is 5.82 Å². The molecule has 0 bridgehead atoms. The molecule has 3 aromatic rings. The highest BCUT2D eigenvalue weighted by molar-refractivity contribution is 5.94. The van der Waals surface area contributed by atoms with Crippen molar-refractivity contribution in [1.29, 1.82) is 0 Å². The Hall–Kier alpha value is -3.23. The van der Waals surface area contributed by atoms with Gasteiger partial charge in [0, 0.05) is 44.6 Å². The molecule has 1 aliphatic rings. The molecule has 1 amide bonds. The number of carbonyl (C=O) groups excluding carboxylic acids is 1. The van der Waals surface area contributed by atoms with Gasteiger partial charge < -0.3 is 14.3 Å². The number of anilines is 1. The lowest BCUT2D eigenvalue weighted by atomic mass is 10.2. The lowest BCUT2D eigenvalue weighted by Gasteiger charge is -2.35. The Kier molecular flexibility index (Phi) is 4.11. The Morgan fingerprint density at radius 3 is 2.54 bits per heavy atom. The predicted octanol–water partition coefficient (Wildman–Crippen LogP) is 1.23. The largest absolute Gasteiger partial charge is 0.361 e. The SMILES string of the molecule is Cc1nc(N2CCN(C(=O)c3cnoc3C)CC2)cc(-n2cccn2)n1. The molecule has 9 heteroatoms. The topological polar surface area (TPSA) is 93.2 Å². The molecule has 0 saturated carbocycles. The number of piperazine rings is 1. The van der Waals surface area contributed by atoms with Crippen molar-refractivity contribution in [3.8, 4) is 5.82 Å². The van der Waals surface area contributed by atoms with Crippen LogP contribution in [0, 0.1) is 13.8 Å². The Morgan fingerprint density at radius 2 is 1.88 bits per heavy atom. The molecule has 4 rings (SSSR count). The second-order valence-electron chi connectivity index (χ2n) is 6.16. The fourth-order valence-electron chi connectivity index (χ4n) is 3.03. The summed E-state index contributed by atoms with van der Waals surface area (Å²) in [5.74, 6) is 2.77. The first kappa shape index (κ1) is 16.2. The first-order valence-electron chi connectivity index (χ1n) is 8.43. The number of hydrogen-bond acceptors (Lipinski definition) is 7. The Labute approximate surface area is 150 Å².